The average molecular weight is 264 g/mol. The monoisotopic (exact) mass is 264 g/mol. The summed E-state index contributed by atoms with van der Waals surface area (Å²) < 4.78 is 0. The molecule has 1 atom stereocenters. The molecule has 4 nitrogen and oxygen atoms in total. The zero-order valence-corrected chi connectivity index (χ0v) is 12.0. The number of nitrogens with zero attached hydrogens (tertiary/aromatic N) is 1. The lowest BCUT2D eigenvalue weighted by Crippen LogP contribution is -2.33. The van der Waals surface area contributed by atoms with Crippen LogP contribution in [0.2, 0.25) is 0 Å². The van der Waals surface area contributed by atoms with Gasteiger partial charge in [-0.1, -0.05) is 19.1 Å². The van der Waals surface area contributed by atoms with Gasteiger partial charge in [0.15, 0.2) is 0 Å². The van der Waals surface area contributed by atoms with E-state index in [-0.39, 0.29) is 12.5 Å². The van der Waals surface area contributed by atoms with Gasteiger partial charge in [-0.15, -0.1) is 0 Å². The van der Waals surface area contributed by atoms with Crippen molar-refractivity contribution in [1.29, 1.82) is 0 Å². The Bertz CT molecular complexity index is 388. The second-order valence-electron chi connectivity index (χ2n) is 5.01. The van der Waals surface area contributed by atoms with Crippen molar-refractivity contribution in [2.24, 2.45) is 0 Å². The summed E-state index contributed by atoms with van der Waals surface area (Å²) in [7, 11) is 4.01. The topological polar surface area (TPSA) is 52.6 Å². The summed E-state index contributed by atoms with van der Waals surface area (Å²) in [5.41, 5.74) is 2.32. The molecule has 0 spiro atoms. The van der Waals surface area contributed by atoms with E-state index in [0.717, 1.165) is 25.1 Å². The van der Waals surface area contributed by atoms with E-state index in [1.807, 2.05) is 19.0 Å². The van der Waals surface area contributed by atoms with Crippen molar-refractivity contribution in [2.45, 2.75) is 32.2 Å². The third-order valence-corrected chi connectivity index (χ3v) is 3.04. The number of rotatable bonds is 8. The molecular formula is C15H24N2O2. The summed E-state index contributed by atoms with van der Waals surface area (Å²) in [6, 6.07) is 8.26. The van der Waals surface area contributed by atoms with Crippen LogP contribution < -0.4 is 10.2 Å². The van der Waals surface area contributed by atoms with Crippen LogP contribution in [0.4, 0.5) is 5.69 Å². The van der Waals surface area contributed by atoms with E-state index < -0.39 is 5.97 Å². The third-order valence-electron chi connectivity index (χ3n) is 3.04. The predicted octanol–water partition coefficient (Wildman–Crippen LogP) is 2.14. The van der Waals surface area contributed by atoms with Crippen molar-refractivity contribution >= 4 is 11.7 Å². The lowest BCUT2D eigenvalue weighted by atomic mass is 10.0. The smallest absolute Gasteiger partial charge is 0.304 e. The van der Waals surface area contributed by atoms with Crippen molar-refractivity contribution in [1.82, 2.24) is 5.32 Å². The second kappa shape index (κ2) is 7.79. The van der Waals surface area contributed by atoms with Crippen molar-refractivity contribution in [3.05, 3.63) is 29.8 Å². The lowest BCUT2D eigenvalue weighted by Gasteiger charge is -2.18. The van der Waals surface area contributed by atoms with E-state index in [2.05, 4.69) is 36.5 Å². The van der Waals surface area contributed by atoms with Crippen LogP contribution in [0.25, 0.3) is 0 Å². The van der Waals surface area contributed by atoms with Crippen molar-refractivity contribution in [2.75, 3.05) is 25.5 Å². The maximum absolute atomic E-state index is 10.9. The first-order valence-corrected chi connectivity index (χ1v) is 6.74. The van der Waals surface area contributed by atoms with Crippen LogP contribution in [0, 0.1) is 0 Å². The largest absolute Gasteiger partial charge is 0.481 e. The summed E-state index contributed by atoms with van der Waals surface area (Å²) in [6.07, 6.45) is 1.92. The summed E-state index contributed by atoms with van der Waals surface area (Å²) in [5, 5.41) is 12.2. The van der Waals surface area contributed by atoms with Gasteiger partial charge in [0, 0.05) is 25.8 Å². The fraction of sp³-hybridized carbons (Fsp3) is 0.533. The Morgan fingerprint density at radius 3 is 2.42 bits per heavy atom. The SMILES string of the molecule is CCCNC(CC(=O)O)Cc1ccc(N(C)C)cc1. The van der Waals surface area contributed by atoms with E-state index in [9.17, 15) is 4.79 Å². The molecule has 0 aliphatic rings. The molecule has 1 rings (SSSR count). The Labute approximate surface area is 115 Å². The van der Waals surface area contributed by atoms with Gasteiger partial charge in [0.2, 0.25) is 0 Å². The molecule has 0 aliphatic carbocycles. The van der Waals surface area contributed by atoms with E-state index in [1.54, 1.807) is 0 Å². The summed E-state index contributed by atoms with van der Waals surface area (Å²) >= 11 is 0. The van der Waals surface area contributed by atoms with Gasteiger partial charge in [-0.3, -0.25) is 4.79 Å². The molecule has 1 aromatic rings. The molecule has 4 heteroatoms. The summed E-state index contributed by atoms with van der Waals surface area (Å²) in [6.45, 7) is 2.93. The first-order valence-electron chi connectivity index (χ1n) is 6.74. The molecule has 0 aromatic heterocycles. The highest BCUT2D eigenvalue weighted by atomic mass is 16.4. The van der Waals surface area contributed by atoms with Gasteiger partial charge in [0.1, 0.15) is 0 Å². The van der Waals surface area contributed by atoms with Crippen LogP contribution in [0.15, 0.2) is 24.3 Å². The van der Waals surface area contributed by atoms with Gasteiger partial charge in [-0.25, -0.2) is 0 Å². The number of anilines is 1. The van der Waals surface area contributed by atoms with E-state index in [0.29, 0.717) is 0 Å². The number of nitrogens with one attached hydrogen (secondary N) is 1. The normalized spacial score (nSPS) is 12.2. The Morgan fingerprint density at radius 1 is 1.32 bits per heavy atom. The highest BCUT2D eigenvalue weighted by Gasteiger charge is 2.13. The van der Waals surface area contributed by atoms with Crippen LogP contribution in [0.1, 0.15) is 25.3 Å². The quantitative estimate of drug-likeness (QED) is 0.755. The minimum atomic E-state index is -0.751. The van der Waals surface area contributed by atoms with Crippen LogP contribution in [0.3, 0.4) is 0 Å². The highest BCUT2D eigenvalue weighted by molar-refractivity contribution is 5.67. The molecule has 0 radical (unpaired) electrons. The van der Waals surface area contributed by atoms with E-state index in [4.69, 9.17) is 5.11 Å². The molecule has 0 saturated heterocycles. The molecule has 0 amide bonds. The molecule has 1 unspecified atom stereocenters. The Kier molecular flexibility index (Phi) is 6.36. The molecule has 19 heavy (non-hydrogen) atoms. The molecule has 0 heterocycles. The van der Waals surface area contributed by atoms with Crippen LogP contribution >= 0.6 is 0 Å². The zero-order chi connectivity index (χ0) is 14.3. The minimum Gasteiger partial charge on any atom is -0.481 e. The first-order chi connectivity index (χ1) is 9.02. The van der Waals surface area contributed by atoms with Crippen LogP contribution in [-0.4, -0.2) is 37.8 Å². The van der Waals surface area contributed by atoms with Crippen molar-refractivity contribution < 1.29 is 9.90 Å². The maximum atomic E-state index is 10.9. The van der Waals surface area contributed by atoms with Gasteiger partial charge in [-0.05, 0) is 37.1 Å². The van der Waals surface area contributed by atoms with Gasteiger partial charge in [0.05, 0.1) is 6.42 Å². The van der Waals surface area contributed by atoms with Gasteiger partial charge in [-0.2, -0.15) is 0 Å². The molecule has 106 valence electrons. The van der Waals surface area contributed by atoms with Gasteiger partial charge in [0.25, 0.3) is 0 Å². The molecule has 2 N–H and O–H groups in total. The Hall–Kier alpha value is -1.55. The number of benzene rings is 1. The molecule has 0 fully saturated rings. The third kappa shape index (κ3) is 5.75. The molecule has 0 saturated carbocycles. The number of hydrogen-bond acceptors (Lipinski definition) is 3. The van der Waals surface area contributed by atoms with Gasteiger partial charge < -0.3 is 15.3 Å². The van der Waals surface area contributed by atoms with E-state index >= 15 is 0 Å². The van der Waals surface area contributed by atoms with Crippen LogP contribution in [-0.2, 0) is 11.2 Å². The Morgan fingerprint density at radius 2 is 1.95 bits per heavy atom. The number of carboxylic acids is 1. The first kappa shape index (κ1) is 15.5. The van der Waals surface area contributed by atoms with Crippen LogP contribution in [0.5, 0.6) is 0 Å². The minimum absolute atomic E-state index is 0.00246. The summed E-state index contributed by atoms with van der Waals surface area (Å²) in [5.74, 6) is -0.751. The van der Waals surface area contributed by atoms with E-state index in [1.165, 1.54) is 5.56 Å². The molecular weight excluding hydrogens is 240 g/mol. The zero-order valence-electron chi connectivity index (χ0n) is 12.0. The number of hydrogen-bond donors (Lipinski definition) is 2. The average Bonchev–Trinajstić information content (AvgIpc) is 2.36. The number of carbonyl (C=O) groups is 1. The Balaban J connectivity index is 2.63. The molecule has 1 aromatic carbocycles. The number of carboxylic acid groups (broad SMARTS) is 1. The fourth-order valence-electron chi connectivity index (χ4n) is 1.99. The van der Waals surface area contributed by atoms with Crippen molar-refractivity contribution in [3.8, 4) is 0 Å². The van der Waals surface area contributed by atoms with Gasteiger partial charge >= 0.3 is 5.97 Å². The van der Waals surface area contributed by atoms with Crippen molar-refractivity contribution in [3.63, 3.8) is 0 Å². The summed E-state index contributed by atoms with van der Waals surface area (Å²) in [4.78, 5) is 12.9. The second-order valence-corrected chi connectivity index (χ2v) is 5.01. The number of aliphatic carboxylic acids is 1. The fourth-order valence-corrected chi connectivity index (χ4v) is 1.99. The maximum Gasteiger partial charge on any atom is 0.304 e. The molecule has 0 bridgehead atoms. The highest BCUT2D eigenvalue weighted by Crippen LogP contribution is 2.14. The predicted molar refractivity (Wildman–Crippen MR) is 78.8 cm³/mol. The molecule has 0 aliphatic heterocycles. The standard InChI is InChI=1S/C15H24N2O2/c1-4-9-16-13(11-15(18)19)10-12-5-7-14(8-6-12)17(2)3/h5-8,13,16H,4,9-11H2,1-3H3,(H,18,19). The lowest BCUT2D eigenvalue weighted by molar-refractivity contribution is -0.137.